The Hall–Kier alpha value is -2.16. The molecular weight excluding hydrogens is 342 g/mol. The second kappa shape index (κ2) is 6.15. The average molecular weight is 352 g/mol. The fraction of sp³-hybridized carbons (Fsp3) is 0.308. The molecule has 0 aromatic carbocycles. The van der Waals surface area contributed by atoms with Gasteiger partial charge in [0.15, 0.2) is 22.5 Å². The minimum absolute atomic E-state index is 0.0657. The van der Waals surface area contributed by atoms with E-state index < -0.39 is 34.4 Å². The molecule has 0 aliphatic carbocycles. The molecule has 0 atom stereocenters. The SMILES string of the molecule is CCOC(=O)c1cnn(-c2nc(Cl)c(F)cc2C)c1C(F)(F)F. The first-order valence-electron chi connectivity index (χ1n) is 6.32. The van der Waals surface area contributed by atoms with Crippen molar-refractivity contribution >= 4 is 17.6 Å². The van der Waals surface area contributed by atoms with Gasteiger partial charge in [-0.1, -0.05) is 11.6 Å². The molecule has 0 radical (unpaired) electrons. The maximum absolute atomic E-state index is 13.3. The van der Waals surface area contributed by atoms with Crippen LogP contribution in [0.1, 0.15) is 28.5 Å². The summed E-state index contributed by atoms with van der Waals surface area (Å²) in [5, 5.41) is 2.94. The Labute approximate surface area is 132 Å². The van der Waals surface area contributed by atoms with E-state index in [1.165, 1.54) is 13.8 Å². The van der Waals surface area contributed by atoms with Gasteiger partial charge in [0.2, 0.25) is 0 Å². The molecule has 0 fully saturated rings. The van der Waals surface area contributed by atoms with Crippen molar-refractivity contribution in [2.45, 2.75) is 20.0 Å². The van der Waals surface area contributed by atoms with E-state index in [1.54, 1.807) is 0 Å². The smallest absolute Gasteiger partial charge is 0.434 e. The lowest BCUT2D eigenvalue weighted by Gasteiger charge is -2.13. The topological polar surface area (TPSA) is 57.0 Å². The van der Waals surface area contributed by atoms with Gasteiger partial charge < -0.3 is 4.74 Å². The van der Waals surface area contributed by atoms with Crippen LogP contribution < -0.4 is 0 Å². The van der Waals surface area contributed by atoms with Gasteiger partial charge in [-0.15, -0.1) is 0 Å². The van der Waals surface area contributed by atoms with Crippen LogP contribution in [0.15, 0.2) is 12.3 Å². The normalized spacial score (nSPS) is 11.6. The Morgan fingerprint density at radius 3 is 2.65 bits per heavy atom. The van der Waals surface area contributed by atoms with E-state index >= 15 is 0 Å². The standard InChI is InChI=1S/C13H10ClF4N3O2/c1-3-23-12(22)7-5-19-21(9(7)13(16,17)18)11-6(2)4-8(15)10(14)20-11/h4-5H,3H2,1-2H3. The second-order valence-electron chi connectivity index (χ2n) is 4.44. The molecule has 0 bridgehead atoms. The highest BCUT2D eigenvalue weighted by atomic mass is 35.5. The van der Waals surface area contributed by atoms with Crippen molar-refractivity contribution in [2.24, 2.45) is 0 Å². The lowest BCUT2D eigenvalue weighted by Crippen LogP contribution is -2.19. The molecule has 2 heterocycles. The van der Waals surface area contributed by atoms with Crippen LogP contribution in [0.25, 0.3) is 5.82 Å². The van der Waals surface area contributed by atoms with Crippen LogP contribution in [-0.4, -0.2) is 27.3 Å². The molecule has 0 N–H and O–H groups in total. The van der Waals surface area contributed by atoms with Crippen molar-refractivity contribution in [3.05, 3.63) is 40.1 Å². The maximum Gasteiger partial charge on any atom is 0.434 e. The Morgan fingerprint density at radius 2 is 2.09 bits per heavy atom. The van der Waals surface area contributed by atoms with Gasteiger partial charge in [0.05, 0.1) is 12.8 Å². The summed E-state index contributed by atoms with van der Waals surface area (Å²) in [5.41, 5.74) is -2.06. The zero-order chi connectivity index (χ0) is 17.4. The highest BCUT2D eigenvalue weighted by molar-refractivity contribution is 6.29. The van der Waals surface area contributed by atoms with Crippen LogP contribution in [0.5, 0.6) is 0 Å². The number of halogens is 5. The van der Waals surface area contributed by atoms with Crippen LogP contribution in [0.4, 0.5) is 17.6 Å². The van der Waals surface area contributed by atoms with Crippen molar-refractivity contribution in [3.63, 3.8) is 0 Å². The van der Waals surface area contributed by atoms with E-state index in [-0.39, 0.29) is 18.0 Å². The average Bonchev–Trinajstić information content (AvgIpc) is 2.88. The molecule has 0 saturated heterocycles. The van der Waals surface area contributed by atoms with Gasteiger partial charge in [-0.3, -0.25) is 0 Å². The Bertz CT molecular complexity index is 758. The Kier molecular flexibility index (Phi) is 4.60. The number of aromatic nitrogens is 3. The summed E-state index contributed by atoms with van der Waals surface area (Å²) in [4.78, 5) is 15.3. The number of aryl methyl sites for hydroxylation is 1. The molecule has 0 amide bonds. The van der Waals surface area contributed by atoms with E-state index in [2.05, 4.69) is 14.8 Å². The van der Waals surface area contributed by atoms with Crippen LogP contribution >= 0.6 is 11.6 Å². The number of esters is 1. The highest BCUT2D eigenvalue weighted by Gasteiger charge is 2.41. The summed E-state index contributed by atoms with van der Waals surface area (Å²) < 4.78 is 58.3. The summed E-state index contributed by atoms with van der Waals surface area (Å²) >= 11 is 5.52. The van der Waals surface area contributed by atoms with Crippen molar-refractivity contribution < 1.29 is 27.1 Å². The van der Waals surface area contributed by atoms with Gasteiger partial charge in [0.1, 0.15) is 5.56 Å². The van der Waals surface area contributed by atoms with Crippen LogP contribution in [-0.2, 0) is 10.9 Å². The largest absolute Gasteiger partial charge is 0.462 e. The molecule has 0 saturated carbocycles. The number of nitrogens with zero attached hydrogens (tertiary/aromatic N) is 3. The summed E-state index contributed by atoms with van der Waals surface area (Å²) in [7, 11) is 0. The molecule has 0 spiro atoms. The van der Waals surface area contributed by atoms with Gasteiger partial charge in [-0.25, -0.2) is 18.9 Å². The van der Waals surface area contributed by atoms with Crippen molar-refractivity contribution in [3.8, 4) is 5.82 Å². The minimum Gasteiger partial charge on any atom is -0.462 e. The quantitative estimate of drug-likeness (QED) is 0.482. The molecule has 0 unspecified atom stereocenters. The predicted molar refractivity (Wildman–Crippen MR) is 72.0 cm³/mol. The van der Waals surface area contributed by atoms with Crippen molar-refractivity contribution in [2.75, 3.05) is 6.61 Å². The molecule has 23 heavy (non-hydrogen) atoms. The molecule has 0 aliphatic heterocycles. The first-order chi connectivity index (χ1) is 10.7. The molecule has 2 aromatic rings. The number of alkyl halides is 3. The monoisotopic (exact) mass is 351 g/mol. The predicted octanol–water partition coefficient (Wildman–Crippen LogP) is 3.56. The van der Waals surface area contributed by atoms with E-state index in [9.17, 15) is 22.4 Å². The van der Waals surface area contributed by atoms with Gasteiger partial charge in [0, 0.05) is 0 Å². The first-order valence-corrected chi connectivity index (χ1v) is 6.70. The van der Waals surface area contributed by atoms with Crippen molar-refractivity contribution in [1.29, 1.82) is 0 Å². The highest BCUT2D eigenvalue weighted by Crippen LogP contribution is 2.34. The number of hydrogen-bond acceptors (Lipinski definition) is 4. The number of rotatable bonds is 3. The fourth-order valence-corrected chi connectivity index (χ4v) is 2.04. The van der Waals surface area contributed by atoms with Crippen LogP contribution in [0, 0.1) is 12.7 Å². The molecule has 5 nitrogen and oxygen atoms in total. The third kappa shape index (κ3) is 3.29. The van der Waals surface area contributed by atoms with Crippen LogP contribution in [0.3, 0.4) is 0 Å². The number of hydrogen-bond donors (Lipinski definition) is 0. The fourth-order valence-electron chi connectivity index (χ4n) is 1.90. The zero-order valence-corrected chi connectivity index (χ0v) is 12.7. The summed E-state index contributed by atoms with van der Waals surface area (Å²) in [6.07, 6.45) is -4.19. The molecule has 0 aliphatic rings. The van der Waals surface area contributed by atoms with Gasteiger partial charge in [-0.05, 0) is 25.5 Å². The Morgan fingerprint density at radius 1 is 1.43 bits per heavy atom. The summed E-state index contributed by atoms with van der Waals surface area (Å²) in [5.74, 6) is -2.38. The van der Waals surface area contributed by atoms with E-state index in [1.807, 2.05) is 0 Å². The van der Waals surface area contributed by atoms with E-state index in [0.29, 0.717) is 4.68 Å². The third-order valence-electron chi connectivity index (χ3n) is 2.83. The second-order valence-corrected chi connectivity index (χ2v) is 4.80. The van der Waals surface area contributed by atoms with Gasteiger partial charge >= 0.3 is 12.1 Å². The van der Waals surface area contributed by atoms with Crippen LogP contribution in [0.2, 0.25) is 5.15 Å². The lowest BCUT2D eigenvalue weighted by atomic mass is 10.2. The number of carbonyl (C=O) groups is 1. The Balaban J connectivity index is 2.69. The van der Waals surface area contributed by atoms with E-state index in [0.717, 1.165) is 12.3 Å². The molecule has 2 rings (SSSR count). The molecule has 2 aromatic heterocycles. The minimum atomic E-state index is -4.91. The third-order valence-corrected chi connectivity index (χ3v) is 3.10. The first kappa shape index (κ1) is 17.2. The van der Waals surface area contributed by atoms with Gasteiger partial charge in [-0.2, -0.15) is 18.3 Å². The molecule has 124 valence electrons. The maximum atomic E-state index is 13.3. The molecular formula is C13H10ClF4N3O2. The van der Waals surface area contributed by atoms with E-state index in [4.69, 9.17) is 11.6 Å². The van der Waals surface area contributed by atoms with Crippen molar-refractivity contribution in [1.82, 2.24) is 14.8 Å². The number of pyridine rings is 1. The molecule has 10 heteroatoms. The number of carbonyl (C=O) groups excluding carboxylic acids is 1. The lowest BCUT2D eigenvalue weighted by molar-refractivity contribution is -0.143. The zero-order valence-electron chi connectivity index (χ0n) is 11.9. The number of ether oxygens (including phenoxy) is 1. The summed E-state index contributed by atoms with van der Waals surface area (Å²) in [6, 6.07) is 0.927. The summed E-state index contributed by atoms with van der Waals surface area (Å²) in [6.45, 7) is 2.70. The van der Waals surface area contributed by atoms with Gasteiger partial charge in [0.25, 0.3) is 0 Å².